The molecule has 0 spiro atoms. The van der Waals surface area contributed by atoms with Crippen molar-refractivity contribution in [2.75, 3.05) is 0 Å². The molecule has 6 nitrogen and oxygen atoms in total. The van der Waals surface area contributed by atoms with Crippen LogP contribution < -0.4 is 5.32 Å². The summed E-state index contributed by atoms with van der Waals surface area (Å²) in [6.45, 7) is 3.87. The van der Waals surface area contributed by atoms with Crippen molar-refractivity contribution in [3.05, 3.63) is 95.8 Å². The number of aromatic nitrogens is 4. The van der Waals surface area contributed by atoms with Gasteiger partial charge in [0.15, 0.2) is 0 Å². The van der Waals surface area contributed by atoms with Crippen LogP contribution in [0.5, 0.6) is 0 Å². The molecule has 0 aliphatic carbocycles. The summed E-state index contributed by atoms with van der Waals surface area (Å²) in [5.41, 5.74) is 3.48. The summed E-state index contributed by atoms with van der Waals surface area (Å²) in [4.78, 5) is 12.7. The topological polar surface area (TPSA) is 64.7 Å². The van der Waals surface area contributed by atoms with E-state index < -0.39 is 5.82 Å². The van der Waals surface area contributed by atoms with Gasteiger partial charge in [-0.15, -0.1) is 0 Å². The Kier molecular flexibility index (Phi) is 4.95. The van der Waals surface area contributed by atoms with Gasteiger partial charge in [0.05, 0.1) is 29.7 Å². The van der Waals surface area contributed by atoms with Crippen LogP contribution in [0.3, 0.4) is 0 Å². The van der Waals surface area contributed by atoms with Crippen LogP contribution in [0.4, 0.5) is 4.39 Å². The van der Waals surface area contributed by atoms with Gasteiger partial charge in [-0.05, 0) is 38.1 Å². The Balaban J connectivity index is 1.51. The monoisotopic (exact) mass is 389 g/mol. The zero-order valence-electron chi connectivity index (χ0n) is 16.1. The van der Waals surface area contributed by atoms with Gasteiger partial charge in [-0.3, -0.25) is 4.79 Å². The van der Waals surface area contributed by atoms with Crippen molar-refractivity contribution in [1.29, 1.82) is 0 Å². The lowest BCUT2D eigenvalue weighted by Crippen LogP contribution is -2.26. The second-order valence-corrected chi connectivity index (χ2v) is 6.75. The van der Waals surface area contributed by atoms with Gasteiger partial charge in [0.2, 0.25) is 0 Å². The summed E-state index contributed by atoms with van der Waals surface area (Å²) in [5.74, 6) is -0.688. The van der Waals surface area contributed by atoms with E-state index in [0.29, 0.717) is 11.3 Å². The fourth-order valence-electron chi connectivity index (χ4n) is 3.24. The summed E-state index contributed by atoms with van der Waals surface area (Å²) in [6, 6.07) is 15.8. The number of carbonyl (C=O) groups is 1. The van der Waals surface area contributed by atoms with E-state index >= 15 is 0 Å². The largest absolute Gasteiger partial charge is 0.345 e. The van der Waals surface area contributed by atoms with Crippen LogP contribution in [-0.4, -0.2) is 25.5 Å². The van der Waals surface area contributed by atoms with E-state index in [1.807, 2.05) is 48.9 Å². The number of nitrogens with one attached hydrogen (secondary N) is 1. The van der Waals surface area contributed by atoms with E-state index in [0.717, 1.165) is 16.9 Å². The summed E-state index contributed by atoms with van der Waals surface area (Å²) in [7, 11) is 0. The minimum atomic E-state index is -0.403. The highest BCUT2D eigenvalue weighted by Gasteiger charge is 2.18. The van der Waals surface area contributed by atoms with E-state index in [-0.39, 0.29) is 11.9 Å². The Morgan fingerprint density at radius 2 is 1.76 bits per heavy atom. The minimum absolute atomic E-state index is 0.253. The highest BCUT2D eigenvalue weighted by atomic mass is 19.1. The molecule has 7 heteroatoms. The molecule has 4 rings (SSSR count). The molecule has 0 saturated carbocycles. The van der Waals surface area contributed by atoms with Crippen molar-refractivity contribution in [1.82, 2.24) is 24.9 Å². The quantitative estimate of drug-likeness (QED) is 0.561. The third kappa shape index (κ3) is 3.67. The molecule has 1 N–H and O–H groups in total. The van der Waals surface area contributed by atoms with Crippen LogP contribution in [0.25, 0.3) is 11.4 Å². The maximum atomic E-state index is 13.9. The molecule has 0 bridgehead atoms. The number of para-hydroxylation sites is 2. The molecule has 29 heavy (non-hydrogen) atoms. The Labute approximate surface area is 167 Å². The van der Waals surface area contributed by atoms with Crippen LogP contribution in [-0.2, 0) is 0 Å². The number of benzene rings is 2. The number of rotatable bonds is 5. The molecule has 0 saturated heterocycles. The van der Waals surface area contributed by atoms with E-state index in [4.69, 9.17) is 0 Å². The van der Waals surface area contributed by atoms with E-state index in [2.05, 4.69) is 15.5 Å². The van der Waals surface area contributed by atoms with Crippen LogP contribution in [0, 0.1) is 12.7 Å². The van der Waals surface area contributed by atoms with Crippen LogP contribution >= 0.6 is 0 Å². The lowest BCUT2D eigenvalue weighted by molar-refractivity contribution is 0.0940. The van der Waals surface area contributed by atoms with Crippen molar-refractivity contribution in [2.24, 2.45) is 0 Å². The van der Waals surface area contributed by atoms with Gasteiger partial charge in [-0.25, -0.2) is 13.8 Å². The zero-order valence-corrected chi connectivity index (χ0v) is 16.1. The summed E-state index contributed by atoms with van der Waals surface area (Å²) in [5, 5.41) is 11.5. The minimum Gasteiger partial charge on any atom is -0.345 e. The van der Waals surface area contributed by atoms with Gasteiger partial charge in [-0.2, -0.15) is 10.2 Å². The van der Waals surface area contributed by atoms with Crippen LogP contribution in [0.1, 0.15) is 34.6 Å². The number of hydrogen-bond donors (Lipinski definition) is 1. The summed E-state index contributed by atoms with van der Waals surface area (Å²) >= 11 is 0. The number of amides is 1. The smallest absolute Gasteiger partial charge is 0.254 e. The average molecular weight is 389 g/mol. The van der Waals surface area contributed by atoms with E-state index in [1.54, 1.807) is 24.4 Å². The van der Waals surface area contributed by atoms with Gasteiger partial charge in [0.1, 0.15) is 11.5 Å². The number of hydrogen-bond acceptors (Lipinski definition) is 3. The van der Waals surface area contributed by atoms with Crippen LogP contribution in [0.2, 0.25) is 0 Å². The van der Waals surface area contributed by atoms with Crippen molar-refractivity contribution < 1.29 is 9.18 Å². The Bertz CT molecular complexity index is 1150. The molecule has 0 aliphatic rings. The van der Waals surface area contributed by atoms with Crippen molar-refractivity contribution in [3.8, 4) is 11.4 Å². The predicted octanol–water partition coefficient (Wildman–Crippen LogP) is 4.00. The average Bonchev–Trinajstić information content (AvgIpc) is 3.36. The van der Waals surface area contributed by atoms with Crippen molar-refractivity contribution in [3.63, 3.8) is 0 Å². The first-order chi connectivity index (χ1) is 14.0. The van der Waals surface area contributed by atoms with Crippen molar-refractivity contribution >= 4 is 5.91 Å². The second kappa shape index (κ2) is 7.71. The summed E-state index contributed by atoms with van der Waals surface area (Å²) in [6.07, 6.45) is 4.70. The first kappa shape index (κ1) is 18.6. The molecule has 2 aromatic carbocycles. The maximum Gasteiger partial charge on any atom is 0.254 e. The standard InChI is InChI=1S/C22H20FN5O/c1-15(19-13-25-28(16(19)2)18-8-4-3-5-9-18)26-22(29)17-12-24-27(14-17)21-11-7-6-10-20(21)23/h3-15H,1-2H3,(H,26,29). The Hall–Kier alpha value is -3.74. The molecule has 2 heterocycles. The number of nitrogens with zero attached hydrogens (tertiary/aromatic N) is 4. The molecule has 2 aromatic heterocycles. The highest BCUT2D eigenvalue weighted by molar-refractivity contribution is 5.94. The molecule has 1 atom stereocenters. The predicted molar refractivity (Wildman–Crippen MR) is 108 cm³/mol. The molecule has 1 amide bonds. The highest BCUT2D eigenvalue weighted by Crippen LogP contribution is 2.21. The van der Waals surface area contributed by atoms with Crippen molar-refractivity contribution in [2.45, 2.75) is 19.9 Å². The molecule has 0 fully saturated rings. The number of carbonyl (C=O) groups excluding carboxylic acids is 1. The zero-order chi connectivity index (χ0) is 20.4. The fourth-order valence-corrected chi connectivity index (χ4v) is 3.24. The lowest BCUT2D eigenvalue weighted by Gasteiger charge is -2.13. The Morgan fingerprint density at radius 3 is 2.52 bits per heavy atom. The SMILES string of the molecule is Cc1c(C(C)NC(=O)c2cnn(-c3ccccc3F)c2)cnn1-c1ccccc1. The normalized spacial score (nSPS) is 12.0. The van der Waals surface area contributed by atoms with Gasteiger partial charge in [0.25, 0.3) is 5.91 Å². The fraction of sp³-hybridized carbons (Fsp3) is 0.136. The molecule has 1 unspecified atom stereocenters. The number of halogens is 1. The van der Waals surface area contributed by atoms with Gasteiger partial charge >= 0.3 is 0 Å². The molecule has 146 valence electrons. The Morgan fingerprint density at radius 1 is 1.03 bits per heavy atom. The summed E-state index contributed by atoms with van der Waals surface area (Å²) < 4.78 is 17.1. The lowest BCUT2D eigenvalue weighted by atomic mass is 10.1. The first-order valence-electron chi connectivity index (χ1n) is 9.25. The maximum absolute atomic E-state index is 13.9. The molecule has 0 aliphatic heterocycles. The van der Waals surface area contributed by atoms with Gasteiger partial charge in [0, 0.05) is 17.5 Å². The van der Waals surface area contributed by atoms with E-state index in [1.165, 1.54) is 23.1 Å². The van der Waals surface area contributed by atoms with Gasteiger partial charge in [-0.1, -0.05) is 30.3 Å². The van der Waals surface area contributed by atoms with Crippen LogP contribution in [0.15, 0.2) is 73.2 Å². The molecule has 0 radical (unpaired) electrons. The molecular weight excluding hydrogens is 369 g/mol. The first-order valence-corrected chi connectivity index (χ1v) is 9.25. The molecule has 4 aromatic rings. The van der Waals surface area contributed by atoms with Gasteiger partial charge < -0.3 is 5.32 Å². The third-order valence-electron chi connectivity index (χ3n) is 4.81. The molecular formula is C22H20FN5O. The second-order valence-electron chi connectivity index (χ2n) is 6.75. The van der Waals surface area contributed by atoms with E-state index in [9.17, 15) is 9.18 Å². The third-order valence-corrected chi connectivity index (χ3v) is 4.81.